The molecule has 0 aliphatic rings. The minimum absolute atomic E-state index is 0.250. The Labute approximate surface area is 184 Å². The molecule has 6 nitrogen and oxygen atoms in total. The number of halogens is 1. The van der Waals surface area contributed by atoms with Crippen LogP contribution in [0.25, 0.3) is 28.2 Å². The summed E-state index contributed by atoms with van der Waals surface area (Å²) in [4.78, 5) is 22.0. The van der Waals surface area contributed by atoms with Crippen LogP contribution in [-0.4, -0.2) is 24.8 Å². The molecule has 3 heterocycles. The van der Waals surface area contributed by atoms with Gasteiger partial charge in [-0.3, -0.25) is 9.20 Å². The van der Waals surface area contributed by atoms with Gasteiger partial charge in [0.05, 0.1) is 18.2 Å². The Hall–Kier alpha value is -4.26. The van der Waals surface area contributed by atoms with Crippen LogP contribution in [0, 0.1) is 12.7 Å². The van der Waals surface area contributed by atoms with E-state index < -0.39 is 0 Å². The predicted molar refractivity (Wildman–Crippen MR) is 122 cm³/mol. The number of rotatable bonds is 4. The number of nitrogens with one attached hydrogen (secondary N) is 1. The molecule has 0 aliphatic heterocycles. The van der Waals surface area contributed by atoms with Crippen LogP contribution in [0.2, 0.25) is 0 Å². The van der Waals surface area contributed by atoms with Crippen molar-refractivity contribution in [1.29, 1.82) is 0 Å². The lowest BCUT2D eigenvalue weighted by Gasteiger charge is -2.11. The van der Waals surface area contributed by atoms with Crippen LogP contribution in [0.15, 0.2) is 79.5 Å². The lowest BCUT2D eigenvalue weighted by molar-refractivity contribution is 0.102. The summed E-state index contributed by atoms with van der Waals surface area (Å²) in [6, 6.07) is 15.4. The van der Waals surface area contributed by atoms with E-state index in [1.54, 1.807) is 12.5 Å². The molecule has 0 spiro atoms. The number of pyridine rings is 1. The first kappa shape index (κ1) is 19.7. The minimum Gasteiger partial charge on any atom is -0.340 e. The molecule has 2 aromatic carbocycles. The first-order valence-electron chi connectivity index (χ1n) is 10.1. The van der Waals surface area contributed by atoms with Gasteiger partial charge in [-0.15, -0.1) is 0 Å². The molecular weight excluding hydrogens is 405 g/mol. The number of hydrogen-bond donors (Lipinski definition) is 1. The summed E-state index contributed by atoms with van der Waals surface area (Å²) in [5.41, 5.74) is 6.22. The molecule has 0 aliphatic carbocycles. The molecule has 1 N–H and O–H groups in total. The van der Waals surface area contributed by atoms with Crippen molar-refractivity contribution in [3.8, 4) is 22.5 Å². The standard InChI is InChI=1S/C25H20FN5O/c1-16-5-6-17(12-21(16)25(32)29-19-9-7-18(26)8-10-19)20-4-3-11-31-23(13-27-24(20)31)22-14-30(2)15-28-22/h3-15H,1-2H3,(H,29,32). The Balaban J connectivity index is 1.53. The number of imidazole rings is 2. The number of carbonyl (C=O) groups is 1. The molecule has 3 aromatic heterocycles. The van der Waals surface area contributed by atoms with E-state index in [0.717, 1.165) is 33.7 Å². The summed E-state index contributed by atoms with van der Waals surface area (Å²) >= 11 is 0. The van der Waals surface area contributed by atoms with Crippen LogP contribution >= 0.6 is 0 Å². The number of nitrogens with zero attached hydrogens (tertiary/aromatic N) is 4. The third-order valence-electron chi connectivity index (χ3n) is 5.40. The van der Waals surface area contributed by atoms with Crippen LogP contribution in [0.4, 0.5) is 10.1 Å². The van der Waals surface area contributed by atoms with Crippen molar-refractivity contribution >= 4 is 17.2 Å². The van der Waals surface area contributed by atoms with Crippen LogP contribution < -0.4 is 5.32 Å². The topological polar surface area (TPSA) is 64.2 Å². The second-order valence-electron chi connectivity index (χ2n) is 7.67. The second-order valence-corrected chi connectivity index (χ2v) is 7.67. The van der Waals surface area contributed by atoms with E-state index in [9.17, 15) is 9.18 Å². The average molecular weight is 425 g/mol. The Morgan fingerprint density at radius 2 is 1.88 bits per heavy atom. The molecule has 5 rings (SSSR count). The van der Waals surface area contributed by atoms with Crippen molar-refractivity contribution in [3.05, 3.63) is 96.5 Å². The van der Waals surface area contributed by atoms with Gasteiger partial charge < -0.3 is 9.88 Å². The zero-order valence-electron chi connectivity index (χ0n) is 17.6. The number of anilines is 1. The summed E-state index contributed by atoms with van der Waals surface area (Å²) in [7, 11) is 1.93. The number of aryl methyl sites for hydroxylation is 2. The number of aromatic nitrogens is 4. The maximum Gasteiger partial charge on any atom is 0.255 e. The fourth-order valence-corrected chi connectivity index (χ4v) is 3.74. The molecule has 0 bridgehead atoms. The highest BCUT2D eigenvalue weighted by Crippen LogP contribution is 2.29. The molecule has 5 aromatic rings. The van der Waals surface area contributed by atoms with Gasteiger partial charge in [0.2, 0.25) is 0 Å². The third kappa shape index (κ3) is 3.54. The zero-order valence-corrected chi connectivity index (χ0v) is 17.6. The van der Waals surface area contributed by atoms with E-state index in [1.165, 1.54) is 24.3 Å². The van der Waals surface area contributed by atoms with Gasteiger partial charge in [0.1, 0.15) is 17.2 Å². The van der Waals surface area contributed by atoms with Gasteiger partial charge >= 0.3 is 0 Å². The van der Waals surface area contributed by atoms with Crippen molar-refractivity contribution in [2.24, 2.45) is 7.05 Å². The molecule has 0 saturated carbocycles. The van der Waals surface area contributed by atoms with Crippen LogP contribution in [0.3, 0.4) is 0 Å². The quantitative estimate of drug-likeness (QED) is 0.436. The fourth-order valence-electron chi connectivity index (χ4n) is 3.74. The zero-order chi connectivity index (χ0) is 22.2. The number of carbonyl (C=O) groups excluding carboxylic acids is 1. The second kappa shape index (κ2) is 7.77. The van der Waals surface area contributed by atoms with Gasteiger partial charge in [-0.05, 0) is 60.5 Å². The third-order valence-corrected chi connectivity index (χ3v) is 5.40. The Morgan fingerprint density at radius 1 is 1.06 bits per heavy atom. The van der Waals surface area contributed by atoms with Gasteiger partial charge in [-0.2, -0.15) is 0 Å². The lowest BCUT2D eigenvalue weighted by Crippen LogP contribution is -2.13. The van der Waals surface area contributed by atoms with Gasteiger partial charge in [-0.1, -0.05) is 12.1 Å². The monoisotopic (exact) mass is 425 g/mol. The Morgan fingerprint density at radius 3 is 2.62 bits per heavy atom. The molecule has 0 saturated heterocycles. The summed E-state index contributed by atoms with van der Waals surface area (Å²) in [5, 5.41) is 2.83. The van der Waals surface area contributed by atoms with E-state index in [0.29, 0.717) is 11.3 Å². The van der Waals surface area contributed by atoms with Crippen molar-refractivity contribution in [2.45, 2.75) is 6.92 Å². The van der Waals surface area contributed by atoms with Gasteiger partial charge in [0.25, 0.3) is 5.91 Å². The summed E-state index contributed by atoms with van der Waals surface area (Å²) in [5.74, 6) is -0.598. The number of amides is 1. The molecular formula is C25H20FN5O. The average Bonchev–Trinajstić information content (AvgIpc) is 3.41. The van der Waals surface area contributed by atoms with Crippen LogP contribution in [-0.2, 0) is 7.05 Å². The maximum absolute atomic E-state index is 13.2. The van der Waals surface area contributed by atoms with E-state index in [-0.39, 0.29) is 11.7 Å². The first-order chi connectivity index (χ1) is 15.5. The normalized spacial score (nSPS) is 11.1. The largest absolute Gasteiger partial charge is 0.340 e. The van der Waals surface area contributed by atoms with Crippen molar-refractivity contribution < 1.29 is 9.18 Å². The van der Waals surface area contributed by atoms with Crippen LogP contribution in [0.5, 0.6) is 0 Å². The molecule has 0 atom stereocenters. The first-order valence-corrected chi connectivity index (χ1v) is 10.1. The van der Waals surface area contributed by atoms with E-state index in [4.69, 9.17) is 0 Å². The Kier molecular flexibility index (Phi) is 4.78. The highest BCUT2D eigenvalue weighted by Gasteiger charge is 2.15. The van der Waals surface area contributed by atoms with Gasteiger partial charge in [-0.25, -0.2) is 14.4 Å². The van der Waals surface area contributed by atoms with Crippen molar-refractivity contribution in [3.63, 3.8) is 0 Å². The number of fused-ring (bicyclic) bond motifs is 1. The Bertz CT molecular complexity index is 1450. The molecule has 0 radical (unpaired) electrons. The number of benzene rings is 2. The summed E-state index contributed by atoms with van der Waals surface area (Å²) in [6.07, 6.45) is 7.45. The molecule has 7 heteroatoms. The van der Waals surface area contributed by atoms with Gasteiger partial charge in [0.15, 0.2) is 0 Å². The summed E-state index contributed by atoms with van der Waals surface area (Å²) < 4.78 is 17.1. The fraction of sp³-hybridized carbons (Fsp3) is 0.0800. The van der Waals surface area contributed by atoms with Crippen molar-refractivity contribution in [1.82, 2.24) is 18.9 Å². The van der Waals surface area contributed by atoms with E-state index in [1.807, 2.05) is 65.7 Å². The highest BCUT2D eigenvalue weighted by atomic mass is 19.1. The summed E-state index contributed by atoms with van der Waals surface area (Å²) in [6.45, 7) is 1.89. The lowest BCUT2D eigenvalue weighted by atomic mass is 9.99. The predicted octanol–water partition coefficient (Wildman–Crippen LogP) is 5.10. The van der Waals surface area contributed by atoms with Crippen LogP contribution in [0.1, 0.15) is 15.9 Å². The maximum atomic E-state index is 13.2. The molecule has 1 amide bonds. The molecule has 32 heavy (non-hydrogen) atoms. The number of hydrogen-bond acceptors (Lipinski definition) is 3. The van der Waals surface area contributed by atoms with Gasteiger partial charge in [0, 0.05) is 36.3 Å². The highest BCUT2D eigenvalue weighted by molar-refractivity contribution is 6.06. The minimum atomic E-state index is -0.348. The van der Waals surface area contributed by atoms with E-state index in [2.05, 4.69) is 15.3 Å². The smallest absolute Gasteiger partial charge is 0.255 e. The SMILES string of the molecule is Cc1ccc(-c2cccn3c(-c4cn(C)cn4)cnc23)cc1C(=O)Nc1ccc(F)cc1. The molecule has 158 valence electrons. The van der Waals surface area contributed by atoms with E-state index >= 15 is 0 Å². The molecule has 0 fully saturated rings. The molecule has 0 unspecified atom stereocenters. The van der Waals surface area contributed by atoms with Crippen molar-refractivity contribution in [2.75, 3.05) is 5.32 Å².